The Morgan fingerprint density at radius 3 is 2.22 bits per heavy atom. The predicted octanol–water partition coefficient (Wildman–Crippen LogP) is 10.7. The molecule has 2 aliphatic rings. The molecule has 0 saturated heterocycles. The summed E-state index contributed by atoms with van der Waals surface area (Å²) in [6.45, 7) is 3.99. The molecule has 0 aromatic heterocycles. The summed E-state index contributed by atoms with van der Waals surface area (Å²) in [5.74, 6) is -4.39. The Morgan fingerprint density at radius 1 is 0.864 bits per heavy atom. The van der Waals surface area contributed by atoms with Crippen LogP contribution in [-0.2, 0) is 15.7 Å². The molecule has 2 fully saturated rings. The van der Waals surface area contributed by atoms with Crippen LogP contribution in [-0.4, -0.2) is 36.4 Å². The van der Waals surface area contributed by atoms with Gasteiger partial charge in [-0.3, -0.25) is 15.4 Å². The summed E-state index contributed by atoms with van der Waals surface area (Å²) < 4.78 is 123. The zero-order valence-electron chi connectivity index (χ0n) is 31.9. The minimum atomic E-state index is -5.10. The third-order valence-electron chi connectivity index (χ3n) is 10.9. The summed E-state index contributed by atoms with van der Waals surface area (Å²) >= 11 is 0. The first-order chi connectivity index (χ1) is 27.9. The number of aliphatic hydroxyl groups is 1. The summed E-state index contributed by atoms with van der Waals surface area (Å²) in [4.78, 5) is 26.5. The molecule has 0 spiro atoms. The Kier molecular flexibility index (Phi) is 12.7. The van der Waals surface area contributed by atoms with Gasteiger partial charge in [-0.25, -0.2) is 13.6 Å². The number of alkyl halides is 6. The molecular weight excluding hydrogens is 790 g/mol. The van der Waals surface area contributed by atoms with Gasteiger partial charge in [0, 0.05) is 34.1 Å². The SMILES string of the molecule is CC[C@@H](C)/C=C1\C2CCC1[C@H](C(=O)Nc1ccc(F)c(C(F)(F)F)c1)C2NC(O)c1cc(-c2cc(C(OC(=O)Nc3ccccc3)C(F)(F)F)ccc2F)ccc1OC. The molecule has 2 amide bonds. The summed E-state index contributed by atoms with van der Waals surface area (Å²) in [5.41, 5.74) is -1.54. The number of aliphatic hydroxyl groups excluding tert-OH is 1. The molecule has 16 heteroatoms. The number of hydrogen-bond acceptors (Lipinski definition) is 6. The number of methoxy groups -OCH3 is 1. The lowest BCUT2D eigenvalue weighted by Crippen LogP contribution is -2.47. The minimum absolute atomic E-state index is 0.0204. The van der Waals surface area contributed by atoms with Gasteiger partial charge >= 0.3 is 18.4 Å². The highest BCUT2D eigenvalue weighted by Gasteiger charge is 2.54. The van der Waals surface area contributed by atoms with E-state index in [0.29, 0.717) is 25.0 Å². The van der Waals surface area contributed by atoms with Crippen molar-refractivity contribution in [3.05, 3.63) is 125 Å². The Morgan fingerprint density at radius 2 is 1.56 bits per heavy atom. The fourth-order valence-electron chi connectivity index (χ4n) is 7.96. The maximum Gasteiger partial charge on any atom is 0.429 e. The topological polar surface area (TPSA) is 109 Å². The van der Waals surface area contributed by atoms with E-state index in [4.69, 9.17) is 9.47 Å². The fourth-order valence-corrected chi connectivity index (χ4v) is 7.96. The van der Waals surface area contributed by atoms with Crippen molar-refractivity contribution in [2.45, 2.75) is 63.8 Å². The number of fused-ring (bicyclic) bond motifs is 2. The smallest absolute Gasteiger partial charge is 0.429 e. The van der Waals surface area contributed by atoms with Gasteiger partial charge < -0.3 is 19.9 Å². The normalized spacial score (nSPS) is 21.2. The number of allylic oxidation sites excluding steroid dienone is 1. The summed E-state index contributed by atoms with van der Waals surface area (Å²) in [6, 6.07) is 15.6. The molecule has 59 heavy (non-hydrogen) atoms. The highest BCUT2D eigenvalue weighted by atomic mass is 19.4. The lowest BCUT2D eigenvalue weighted by atomic mass is 9.83. The number of benzene rings is 4. The van der Waals surface area contributed by atoms with E-state index in [1.807, 2.05) is 13.8 Å². The number of amides is 2. The number of nitrogens with one attached hydrogen (secondary N) is 3. The summed E-state index contributed by atoms with van der Waals surface area (Å²) in [5, 5.41) is 19.6. The van der Waals surface area contributed by atoms with Crippen LogP contribution < -0.4 is 20.7 Å². The van der Waals surface area contributed by atoms with Gasteiger partial charge in [0.2, 0.25) is 12.0 Å². The first-order valence-corrected chi connectivity index (χ1v) is 18.8. The third-order valence-corrected chi connectivity index (χ3v) is 10.9. The second kappa shape index (κ2) is 17.4. The maximum atomic E-state index is 15.5. The molecule has 8 nitrogen and oxygen atoms in total. The Balaban J connectivity index is 1.30. The van der Waals surface area contributed by atoms with Crippen molar-refractivity contribution >= 4 is 23.4 Å². The molecule has 4 N–H and O–H groups in total. The molecule has 2 aliphatic carbocycles. The number of rotatable bonds is 12. The molecule has 6 rings (SSSR count). The second-order valence-electron chi connectivity index (χ2n) is 14.7. The van der Waals surface area contributed by atoms with Crippen molar-refractivity contribution in [2.75, 3.05) is 17.7 Å². The van der Waals surface area contributed by atoms with Crippen LogP contribution in [0.3, 0.4) is 0 Å². The van der Waals surface area contributed by atoms with Gasteiger partial charge in [-0.15, -0.1) is 0 Å². The lowest BCUT2D eigenvalue weighted by molar-refractivity contribution is -0.205. The molecule has 0 heterocycles. The Hall–Kier alpha value is -5.48. The molecule has 4 aromatic carbocycles. The monoisotopic (exact) mass is 831 g/mol. The number of halogens is 8. The molecule has 2 saturated carbocycles. The van der Waals surface area contributed by atoms with Gasteiger partial charge in [0.15, 0.2) is 0 Å². The van der Waals surface area contributed by atoms with E-state index in [1.165, 1.54) is 37.4 Å². The molecule has 5 unspecified atom stereocenters. The van der Waals surface area contributed by atoms with Gasteiger partial charge in [-0.2, -0.15) is 26.3 Å². The number of para-hydroxylation sites is 1. The molecule has 314 valence electrons. The number of hydrogen-bond donors (Lipinski definition) is 4. The van der Waals surface area contributed by atoms with Crippen LogP contribution in [0.1, 0.15) is 62.1 Å². The number of carbonyl (C=O) groups excluding carboxylic acids is 2. The van der Waals surface area contributed by atoms with Crippen molar-refractivity contribution in [2.24, 2.45) is 23.7 Å². The van der Waals surface area contributed by atoms with Crippen LogP contribution in [0, 0.1) is 35.3 Å². The van der Waals surface area contributed by atoms with Gasteiger partial charge in [0.05, 0.1) is 18.6 Å². The van der Waals surface area contributed by atoms with Gasteiger partial charge in [-0.1, -0.05) is 62.2 Å². The van der Waals surface area contributed by atoms with Gasteiger partial charge in [0.25, 0.3) is 0 Å². The average molecular weight is 832 g/mol. The van der Waals surface area contributed by atoms with Crippen LogP contribution in [0.15, 0.2) is 96.6 Å². The molecule has 0 radical (unpaired) electrons. The van der Waals surface area contributed by atoms with Crippen molar-refractivity contribution in [3.63, 3.8) is 0 Å². The van der Waals surface area contributed by atoms with E-state index < -0.39 is 71.4 Å². The first-order valence-electron chi connectivity index (χ1n) is 18.8. The summed E-state index contributed by atoms with van der Waals surface area (Å²) in [7, 11) is 1.30. The molecule has 7 atom stereocenters. The number of carbonyl (C=O) groups is 2. The molecule has 0 aliphatic heterocycles. The van der Waals surface area contributed by atoms with Crippen molar-refractivity contribution in [1.29, 1.82) is 0 Å². The molecular formula is C43H41F8N3O5. The van der Waals surface area contributed by atoms with Crippen LogP contribution in [0.5, 0.6) is 5.75 Å². The van der Waals surface area contributed by atoms with E-state index >= 15 is 4.39 Å². The largest absolute Gasteiger partial charge is 0.496 e. The standard InChI is InChI=1S/C43H41F8N3O5/c1-4-22(2)18-30-27-13-14-28(30)37(36(27)40(56)52-26-12-16-34(45)32(21-26)42(46,47)48)54-39(55)31-19-23(11-17-35(31)58-3)29-20-24(10-15-33(29)44)38(43(49,50)51)59-41(57)53-25-8-6-5-7-9-25/h5-12,15-22,27-28,36-39,54-55H,4,13-14H2,1-3H3,(H,52,56)(H,53,57)/b30-18-/t22-,27?,28?,36+,37?,38?,39?/m1/s1. The van der Waals surface area contributed by atoms with E-state index in [9.17, 15) is 45.4 Å². The Labute approximate surface area is 334 Å². The van der Waals surface area contributed by atoms with Crippen LogP contribution in [0.25, 0.3) is 11.1 Å². The number of anilines is 2. The fraction of sp³-hybridized carbons (Fsp3) is 0.349. The predicted molar refractivity (Wildman–Crippen MR) is 203 cm³/mol. The van der Waals surface area contributed by atoms with Gasteiger partial charge in [-0.05, 0) is 90.8 Å². The molecule has 2 bridgehead atoms. The Bertz CT molecular complexity index is 2200. The van der Waals surface area contributed by atoms with E-state index in [2.05, 4.69) is 22.0 Å². The minimum Gasteiger partial charge on any atom is -0.496 e. The third kappa shape index (κ3) is 9.54. The van der Waals surface area contributed by atoms with Crippen LogP contribution >= 0.6 is 0 Å². The zero-order chi connectivity index (χ0) is 42.8. The van der Waals surface area contributed by atoms with Gasteiger partial charge in [0.1, 0.15) is 23.6 Å². The van der Waals surface area contributed by atoms with Crippen molar-refractivity contribution in [1.82, 2.24) is 5.32 Å². The zero-order valence-corrected chi connectivity index (χ0v) is 31.9. The van der Waals surface area contributed by atoms with Crippen molar-refractivity contribution in [3.8, 4) is 16.9 Å². The number of ether oxygens (including phenoxy) is 2. The first kappa shape index (κ1) is 43.1. The molecule has 4 aromatic rings. The van der Waals surface area contributed by atoms with E-state index in [0.717, 1.165) is 36.3 Å². The maximum absolute atomic E-state index is 15.5. The highest BCUT2D eigenvalue weighted by molar-refractivity contribution is 5.94. The lowest BCUT2D eigenvalue weighted by Gasteiger charge is -2.32. The summed E-state index contributed by atoms with van der Waals surface area (Å²) in [6.07, 6.45) is -11.9. The van der Waals surface area contributed by atoms with E-state index in [1.54, 1.807) is 18.2 Å². The van der Waals surface area contributed by atoms with Crippen molar-refractivity contribution < 1.29 is 59.3 Å². The average Bonchev–Trinajstić information content (AvgIpc) is 3.71. The highest BCUT2D eigenvalue weighted by Crippen LogP contribution is 2.54. The second-order valence-corrected chi connectivity index (χ2v) is 14.7. The van der Waals surface area contributed by atoms with Crippen LogP contribution in [0.4, 0.5) is 51.3 Å². The van der Waals surface area contributed by atoms with E-state index in [-0.39, 0.29) is 51.6 Å². The van der Waals surface area contributed by atoms with Crippen LogP contribution in [0.2, 0.25) is 0 Å². The quantitative estimate of drug-likeness (QED) is 0.0643.